The highest BCUT2D eigenvalue weighted by atomic mass is 15.0. The van der Waals surface area contributed by atoms with Gasteiger partial charge in [-0.1, -0.05) is 47.5 Å². The summed E-state index contributed by atoms with van der Waals surface area (Å²) in [5.74, 6) is 2.33. The molecule has 1 rings (SSSR count). The topological polar surface area (TPSA) is 24.1 Å². The number of hydrogen-bond acceptors (Lipinski definition) is 2. The van der Waals surface area contributed by atoms with E-state index in [-0.39, 0.29) is 0 Å². The lowest BCUT2D eigenvalue weighted by atomic mass is 9.88. The monoisotopic (exact) mass is 282 g/mol. The van der Waals surface area contributed by atoms with Gasteiger partial charge in [0.25, 0.3) is 0 Å². The van der Waals surface area contributed by atoms with E-state index in [1.165, 1.54) is 38.6 Å². The summed E-state index contributed by atoms with van der Waals surface area (Å²) in [5, 5.41) is 7.74. The molecule has 0 aromatic carbocycles. The highest BCUT2D eigenvalue weighted by molar-refractivity contribution is 4.88. The van der Waals surface area contributed by atoms with Gasteiger partial charge in [0.2, 0.25) is 0 Å². The Bertz CT molecular complexity index is 250. The van der Waals surface area contributed by atoms with Gasteiger partial charge in [0, 0.05) is 18.1 Å². The van der Waals surface area contributed by atoms with Crippen molar-refractivity contribution in [3.8, 4) is 0 Å². The molecule has 120 valence electrons. The van der Waals surface area contributed by atoms with Crippen molar-refractivity contribution in [2.75, 3.05) is 6.54 Å². The van der Waals surface area contributed by atoms with Gasteiger partial charge in [0.05, 0.1) is 0 Å². The van der Waals surface area contributed by atoms with E-state index in [1.807, 2.05) is 0 Å². The molecule has 4 unspecified atom stereocenters. The van der Waals surface area contributed by atoms with Gasteiger partial charge in [0.1, 0.15) is 0 Å². The standard InChI is InChI=1S/C18H38N2/c1-13(2)11-16(6)20-18-10-8-7-9-17(18)19-12-15(5)14(3)4/h13-20H,7-12H2,1-6H3. The summed E-state index contributed by atoms with van der Waals surface area (Å²) in [5.41, 5.74) is 0. The number of nitrogens with one attached hydrogen (secondary N) is 2. The molecule has 20 heavy (non-hydrogen) atoms. The minimum absolute atomic E-state index is 0.643. The molecule has 0 aliphatic heterocycles. The van der Waals surface area contributed by atoms with Crippen LogP contribution in [0, 0.1) is 17.8 Å². The highest BCUT2D eigenvalue weighted by Gasteiger charge is 2.26. The normalized spacial score (nSPS) is 27.0. The van der Waals surface area contributed by atoms with E-state index in [2.05, 4.69) is 52.2 Å². The molecule has 2 nitrogen and oxygen atoms in total. The van der Waals surface area contributed by atoms with E-state index in [0.717, 1.165) is 17.8 Å². The van der Waals surface area contributed by atoms with Crippen LogP contribution in [0.5, 0.6) is 0 Å². The Hall–Kier alpha value is -0.0800. The third kappa shape index (κ3) is 6.58. The molecule has 1 aliphatic carbocycles. The van der Waals surface area contributed by atoms with Crippen LogP contribution in [0.15, 0.2) is 0 Å². The minimum atomic E-state index is 0.643. The fraction of sp³-hybridized carbons (Fsp3) is 1.00. The average molecular weight is 283 g/mol. The van der Waals surface area contributed by atoms with Crippen LogP contribution in [0.3, 0.4) is 0 Å². The van der Waals surface area contributed by atoms with Crippen LogP contribution in [0.4, 0.5) is 0 Å². The molecule has 1 saturated carbocycles. The van der Waals surface area contributed by atoms with Crippen molar-refractivity contribution in [3.05, 3.63) is 0 Å². The summed E-state index contributed by atoms with van der Waals surface area (Å²) in [4.78, 5) is 0. The van der Waals surface area contributed by atoms with Gasteiger partial charge < -0.3 is 10.6 Å². The number of hydrogen-bond donors (Lipinski definition) is 2. The summed E-state index contributed by atoms with van der Waals surface area (Å²) < 4.78 is 0. The van der Waals surface area contributed by atoms with Crippen LogP contribution in [0.25, 0.3) is 0 Å². The van der Waals surface area contributed by atoms with E-state index in [1.54, 1.807) is 0 Å². The zero-order valence-corrected chi connectivity index (χ0v) is 14.7. The van der Waals surface area contributed by atoms with E-state index in [4.69, 9.17) is 0 Å². The first kappa shape index (κ1) is 18.0. The maximum Gasteiger partial charge on any atom is 0.0223 e. The summed E-state index contributed by atoms with van der Waals surface area (Å²) in [7, 11) is 0. The predicted octanol–water partition coefficient (Wildman–Crippen LogP) is 4.20. The smallest absolute Gasteiger partial charge is 0.0223 e. The van der Waals surface area contributed by atoms with Crippen LogP contribution < -0.4 is 10.6 Å². The summed E-state index contributed by atoms with van der Waals surface area (Å²) in [6.07, 6.45) is 6.76. The second-order valence-corrected chi connectivity index (χ2v) is 7.82. The maximum atomic E-state index is 3.89. The molecule has 0 saturated heterocycles. The molecule has 4 atom stereocenters. The molecule has 1 fully saturated rings. The van der Waals surface area contributed by atoms with Gasteiger partial charge in [-0.3, -0.25) is 0 Å². The Labute approximate surface area is 127 Å². The number of rotatable bonds is 8. The van der Waals surface area contributed by atoms with Crippen molar-refractivity contribution in [1.82, 2.24) is 10.6 Å². The van der Waals surface area contributed by atoms with E-state index >= 15 is 0 Å². The molecule has 0 aromatic rings. The van der Waals surface area contributed by atoms with Gasteiger partial charge in [-0.05, 0) is 50.5 Å². The maximum absolute atomic E-state index is 3.89. The van der Waals surface area contributed by atoms with Crippen molar-refractivity contribution in [1.29, 1.82) is 0 Å². The summed E-state index contributed by atoms with van der Waals surface area (Å²) in [6.45, 7) is 15.2. The largest absolute Gasteiger partial charge is 0.312 e. The highest BCUT2D eigenvalue weighted by Crippen LogP contribution is 2.21. The molecular weight excluding hydrogens is 244 g/mol. The lowest BCUT2D eigenvalue weighted by Gasteiger charge is -2.36. The fourth-order valence-corrected chi connectivity index (χ4v) is 3.29. The van der Waals surface area contributed by atoms with Crippen LogP contribution in [-0.4, -0.2) is 24.7 Å². The van der Waals surface area contributed by atoms with Crippen LogP contribution in [0.2, 0.25) is 0 Å². The SMILES string of the molecule is CC(C)CC(C)NC1CCCCC1NCC(C)C(C)C. The zero-order chi connectivity index (χ0) is 15.1. The lowest BCUT2D eigenvalue weighted by molar-refractivity contribution is 0.242. The van der Waals surface area contributed by atoms with E-state index in [9.17, 15) is 0 Å². The van der Waals surface area contributed by atoms with E-state index in [0.29, 0.717) is 18.1 Å². The van der Waals surface area contributed by atoms with Gasteiger partial charge in [-0.2, -0.15) is 0 Å². The molecule has 1 aliphatic rings. The zero-order valence-electron chi connectivity index (χ0n) is 14.7. The van der Waals surface area contributed by atoms with Gasteiger partial charge in [-0.15, -0.1) is 0 Å². The third-order valence-corrected chi connectivity index (χ3v) is 4.93. The molecule has 0 heterocycles. The Morgan fingerprint density at radius 3 is 2.05 bits per heavy atom. The second-order valence-electron chi connectivity index (χ2n) is 7.82. The Balaban J connectivity index is 2.41. The molecule has 0 radical (unpaired) electrons. The molecule has 0 spiro atoms. The summed E-state index contributed by atoms with van der Waals surface area (Å²) >= 11 is 0. The van der Waals surface area contributed by atoms with E-state index < -0.39 is 0 Å². The summed E-state index contributed by atoms with van der Waals surface area (Å²) in [6, 6.07) is 2.00. The van der Waals surface area contributed by atoms with Gasteiger partial charge in [-0.25, -0.2) is 0 Å². The van der Waals surface area contributed by atoms with Crippen LogP contribution >= 0.6 is 0 Å². The minimum Gasteiger partial charge on any atom is -0.312 e. The van der Waals surface area contributed by atoms with Crippen molar-refractivity contribution < 1.29 is 0 Å². The van der Waals surface area contributed by atoms with Crippen LogP contribution in [0.1, 0.15) is 73.6 Å². The fourth-order valence-electron chi connectivity index (χ4n) is 3.29. The first-order chi connectivity index (χ1) is 9.40. The van der Waals surface area contributed by atoms with Gasteiger partial charge >= 0.3 is 0 Å². The molecule has 0 bridgehead atoms. The Morgan fingerprint density at radius 2 is 1.50 bits per heavy atom. The Morgan fingerprint density at radius 1 is 0.900 bits per heavy atom. The molecule has 0 aromatic heterocycles. The quantitative estimate of drug-likeness (QED) is 0.697. The predicted molar refractivity (Wildman–Crippen MR) is 90.1 cm³/mol. The molecule has 0 amide bonds. The Kier molecular flexibility index (Phi) is 8.13. The first-order valence-electron chi connectivity index (χ1n) is 8.89. The molecule has 2 heteroatoms. The van der Waals surface area contributed by atoms with Crippen molar-refractivity contribution in [3.63, 3.8) is 0 Å². The second kappa shape index (κ2) is 9.04. The van der Waals surface area contributed by atoms with Crippen molar-refractivity contribution in [2.24, 2.45) is 17.8 Å². The molecule has 2 N–H and O–H groups in total. The third-order valence-electron chi connectivity index (χ3n) is 4.93. The lowest BCUT2D eigenvalue weighted by Crippen LogP contribution is -2.53. The molecular formula is C18H38N2. The van der Waals surface area contributed by atoms with Crippen molar-refractivity contribution in [2.45, 2.75) is 91.8 Å². The average Bonchev–Trinajstić information content (AvgIpc) is 2.36. The first-order valence-corrected chi connectivity index (χ1v) is 8.89. The van der Waals surface area contributed by atoms with Crippen LogP contribution in [-0.2, 0) is 0 Å². The van der Waals surface area contributed by atoms with Crippen molar-refractivity contribution >= 4 is 0 Å². The van der Waals surface area contributed by atoms with Gasteiger partial charge in [0.15, 0.2) is 0 Å².